The Bertz CT molecular complexity index is 233. The molecule has 0 aromatic carbocycles. The third kappa shape index (κ3) is 6.36. The summed E-state index contributed by atoms with van der Waals surface area (Å²) in [4.78, 5) is 21.6. The van der Waals surface area contributed by atoms with E-state index in [1.54, 1.807) is 0 Å². The first kappa shape index (κ1) is 14.9. The molecule has 6 nitrogen and oxygen atoms in total. The van der Waals surface area contributed by atoms with E-state index in [0.717, 1.165) is 12.8 Å². The molecule has 94 valence electrons. The molecule has 0 aliphatic carbocycles. The van der Waals surface area contributed by atoms with Crippen molar-refractivity contribution >= 4 is 11.9 Å². The summed E-state index contributed by atoms with van der Waals surface area (Å²) >= 11 is 0. The van der Waals surface area contributed by atoms with Gasteiger partial charge in [-0.3, -0.25) is 4.79 Å². The number of nitrogens with two attached hydrogens (primary N) is 1. The Balaban J connectivity index is 3.68. The number of nitrogens with one attached hydrogen (secondary N) is 1. The highest BCUT2D eigenvalue weighted by Crippen LogP contribution is 1.98. The van der Waals surface area contributed by atoms with Gasteiger partial charge >= 0.3 is 5.97 Å². The van der Waals surface area contributed by atoms with E-state index in [9.17, 15) is 9.59 Å². The van der Waals surface area contributed by atoms with Gasteiger partial charge in [0, 0.05) is 13.0 Å². The van der Waals surface area contributed by atoms with Crippen LogP contribution in [0.5, 0.6) is 0 Å². The third-order valence-corrected chi connectivity index (χ3v) is 2.21. The van der Waals surface area contributed by atoms with E-state index < -0.39 is 18.1 Å². The van der Waals surface area contributed by atoms with Gasteiger partial charge in [-0.2, -0.15) is 0 Å². The molecule has 0 saturated heterocycles. The number of hydrogen-bond donors (Lipinski definition) is 4. The number of hydrogen-bond acceptors (Lipinski definition) is 4. The maximum absolute atomic E-state index is 11.3. The molecule has 0 rings (SSSR count). The predicted octanol–water partition coefficient (Wildman–Crippen LogP) is -0.544. The molecule has 2 atom stereocenters. The number of carboxylic acids is 1. The van der Waals surface area contributed by atoms with E-state index in [4.69, 9.17) is 15.9 Å². The maximum atomic E-state index is 11.3. The topological polar surface area (TPSA) is 113 Å². The number of amides is 1. The Kier molecular flexibility index (Phi) is 7.49. The van der Waals surface area contributed by atoms with Crippen LogP contribution in [0.3, 0.4) is 0 Å². The Morgan fingerprint density at radius 3 is 2.50 bits per heavy atom. The zero-order valence-corrected chi connectivity index (χ0v) is 9.48. The molecule has 1 amide bonds. The van der Waals surface area contributed by atoms with Crippen molar-refractivity contribution in [3.05, 3.63) is 0 Å². The summed E-state index contributed by atoms with van der Waals surface area (Å²) in [7, 11) is 0. The SMILES string of the molecule is CCCCC(N)C(=O)NCC[C@H](O)C(=O)O. The normalized spacial score (nSPS) is 14.2. The van der Waals surface area contributed by atoms with E-state index in [0.29, 0.717) is 6.42 Å². The van der Waals surface area contributed by atoms with Gasteiger partial charge in [0.2, 0.25) is 5.91 Å². The van der Waals surface area contributed by atoms with Gasteiger partial charge in [-0.1, -0.05) is 19.8 Å². The number of aliphatic hydroxyl groups is 1. The Morgan fingerprint density at radius 1 is 1.38 bits per heavy atom. The van der Waals surface area contributed by atoms with Crippen LogP contribution in [0.25, 0.3) is 0 Å². The molecule has 0 radical (unpaired) electrons. The van der Waals surface area contributed by atoms with Gasteiger partial charge in [-0.15, -0.1) is 0 Å². The van der Waals surface area contributed by atoms with Gasteiger partial charge in [0.05, 0.1) is 6.04 Å². The summed E-state index contributed by atoms with van der Waals surface area (Å²) in [5, 5.41) is 19.8. The average molecular weight is 232 g/mol. The maximum Gasteiger partial charge on any atom is 0.332 e. The van der Waals surface area contributed by atoms with E-state index >= 15 is 0 Å². The molecule has 0 heterocycles. The molecule has 0 fully saturated rings. The minimum Gasteiger partial charge on any atom is -0.479 e. The van der Waals surface area contributed by atoms with Crippen LogP contribution in [0.4, 0.5) is 0 Å². The van der Waals surface area contributed by atoms with Crippen molar-refractivity contribution in [2.24, 2.45) is 5.73 Å². The highest BCUT2D eigenvalue weighted by molar-refractivity contribution is 5.81. The standard InChI is InChI=1S/C10H20N2O4/c1-2-3-4-7(11)9(14)12-6-5-8(13)10(15)16/h7-8,13H,2-6,11H2,1H3,(H,12,14)(H,15,16)/t7?,8-/m0/s1. The Labute approximate surface area is 94.8 Å². The minimum atomic E-state index is -1.44. The van der Waals surface area contributed by atoms with Gasteiger partial charge in [-0.25, -0.2) is 4.79 Å². The number of carboxylic acid groups (broad SMARTS) is 1. The summed E-state index contributed by atoms with van der Waals surface area (Å²) < 4.78 is 0. The van der Waals surface area contributed by atoms with Crippen LogP contribution >= 0.6 is 0 Å². The molecule has 0 aromatic rings. The fraction of sp³-hybridized carbons (Fsp3) is 0.800. The van der Waals surface area contributed by atoms with Gasteiger partial charge in [0.1, 0.15) is 0 Å². The number of aliphatic carboxylic acids is 1. The molecule has 0 bridgehead atoms. The first-order valence-electron chi connectivity index (χ1n) is 5.43. The van der Waals surface area contributed by atoms with Crippen LogP contribution in [0, 0.1) is 0 Å². The lowest BCUT2D eigenvalue weighted by atomic mass is 10.1. The van der Waals surface area contributed by atoms with E-state index in [-0.39, 0.29) is 18.9 Å². The van der Waals surface area contributed by atoms with Crippen molar-refractivity contribution in [2.75, 3.05) is 6.54 Å². The molecule has 1 unspecified atom stereocenters. The first-order chi connectivity index (χ1) is 7.49. The van der Waals surface area contributed by atoms with Gasteiger partial charge in [0.15, 0.2) is 6.10 Å². The van der Waals surface area contributed by atoms with Crippen LogP contribution in [-0.4, -0.2) is 40.8 Å². The summed E-state index contributed by atoms with van der Waals surface area (Å²) in [6, 6.07) is -0.554. The largest absolute Gasteiger partial charge is 0.479 e. The molecule has 0 aliphatic heterocycles. The van der Waals surface area contributed by atoms with Crippen LogP contribution in [0.15, 0.2) is 0 Å². The van der Waals surface area contributed by atoms with Crippen LogP contribution in [0.2, 0.25) is 0 Å². The third-order valence-electron chi connectivity index (χ3n) is 2.21. The molecular formula is C10H20N2O4. The average Bonchev–Trinajstić information content (AvgIpc) is 2.25. The summed E-state index contributed by atoms with van der Waals surface area (Å²) in [5.41, 5.74) is 5.59. The Hall–Kier alpha value is -1.14. The van der Waals surface area contributed by atoms with Crippen molar-refractivity contribution in [1.29, 1.82) is 0 Å². The van der Waals surface area contributed by atoms with Gasteiger partial charge < -0.3 is 21.3 Å². The zero-order chi connectivity index (χ0) is 12.6. The van der Waals surface area contributed by atoms with Crippen LogP contribution in [-0.2, 0) is 9.59 Å². The number of rotatable bonds is 8. The van der Waals surface area contributed by atoms with E-state index in [2.05, 4.69) is 5.32 Å². The van der Waals surface area contributed by atoms with Crippen LogP contribution in [0.1, 0.15) is 32.6 Å². The van der Waals surface area contributed by atoms with E-state index in [1.165, 1.54) is 0 Å². The van der Waals surface area contributed by atoms with Gasteiger partial charge in [0.25, 0.3) is 0 Å². The molecule has 6 heteroatoms. The summed E-state index contributed by atoms with van der Waals surface area (Å²) in [5.74, 6) is -1.59. The fourth-order valence-corrected chi connectivity index (χ4v) is 1.14. The Morgan fingerprint density at radius 2 is 2.00 bits per heavy atom. The molecule has 0 aromatic heterocycles. The lowest BCUT2D eigenvalue weighted by Gasteiger charge is -2.12. The molecule has 0 aliphatic rings. The lowest BCUT2D eigenvalue weighted by Crippen LogP contribution is -2.41. The number of carbonyl (C=O) groups is 2. The fourth-order valence-electron chi connectivity index (χ4n) is 1.14. The van der Waals surface area contributed by atoms with Gasteiger partial charge in [-0.05, 0) is 6.42 Å². The zero-order valence-electron chi connectivity index (χ0n) is 9.48. The molecular weight excluding hydrogens is 212 g/mol. The minimum absolute atomic E-state index is 0.0123. The van der Waals surface area contributed by atoms with Crippen molar-refractivity contribution in [1.82, 2.24) is 5.32 Å². The summed E-state index contributed by atoms with van der Waals surface area (Å²) in [6.45, 7) is 2.12. The molecule has 0 saturated carbocycles. The highest BCUT2D eigenvalue weighted by Gasteiger charge is 2.15. The predicted molar refractivity (Wildman–Crippen MR) is 58.8 cm³/mol. The second-order valence-electron chi connectivity index (χ2n) is 3.68. The molecule has 0 spiro atoms. The highest BCUT2D eigenvalue weighted by atomic mass is 16.4. The second-order valence-corrected chi connectivity index (χ2v) is 3.68. The molecule has 16 heavy (non-hydrogen) atoms. The van der Waals surface area contributed by atoms with Crippen molar-refractivity contribution < 1.29 is 19.8 Å². The lowest BCUT2D eigenvalue weighted by molar-refractivity contribution is -0.147. The number of unbranched alkanes of at least 4 members (excludes halogenated alkanes) is 1. The molecule has 5 N–H and O–H groups in total. The van der Waals surface area contributed by atoms with Crippen molar-refractivity contribution in [3.63, 3.8) is 0 Å². The quantitative estimate of drug-likeness (QED) is 0.449. The first-order valence-corrected chi connectivity index (χ1v) is 5.43. The van der Waals surface area contributed by atoms with Crippen molar-refractivity contribution in [3.8, 4) is 0 Å². The number of aliphatic hydroxyl groups excluding tert-OH is 1. The monoisotopic (exact) mass is 232 g/mol. The van der Waals surface area contributed by atoms with Crippen molar-refractivity contribution in [2.45, 2.75) is 44.8 Å². The summed E-state index contributed by atoms with van der Waals surface area (Å²) in [6.07, 6.45) is 1.02. The van der Waals surface area contributed by atoms with Crippen LogP contribution < -0.4 is 11.1 Å². The second kappa shape index (κ2) is 8.06. The smallest absolute Gasteiger partial charge is 0.332 e. The van der Waals surface area contributed by atoms with E-state index in [1.807, 2.05) is 6.92 Å². The number of carbonyl (C=O) groups excluding carboxylic acids is 1.